The van der Waals surface area contributed by atoms with E-state index in [4.69, 9.17) is 10.5 Å². The zero-order valence-corrected chi connectivity index (χ0v) is 11.8. The molecule has 0 atom stereocenters. The summed E-state index contributed by atoms with van der Waals surface area (Å²) in [6, 6.07) is 6.08. The van der Waals surface area contributed by atoms with Gasteiger partial charge in [-0.2, -0.15) is 0 Å². The maximum Gasteiger partial charge on any atom is 0.0641 e. The fraction of sp³-hybridized carbons (Fsp3) is 0.400. The average Bonchev–Trinajstić information content (AvgIpc) is 2.39. The van der Waals surface area contributed by atoms with Crippen LogP contribution in [0.25, 0.3) is 10.8 Å². The molecule has 0 saturated carbocycles. The third kappa shape index (κ3) is 2.96. The molecule has 0 aliphatic heterocycles. The summed E-state index contributed by atoms with van der Waals surface area (Å²) >= 11 is 0. The number of hydrogen-bond donors (Lipinski definition) is 1. The molecule has 2 rings (SSSR count). The van der Waals surface area contributed by atoms with E-state index in [2.05, 4.69) is 29.1 Å². The van der Waals surface area contributed by atoms with Gasteiger partial charge in [-0.25, -0.2) is 0 Å². The summed E-state index contributed by atoms with van der Waals surface area (Å²) in [7, 11) is 2.07. The number of pyridine rings is 1. The van der Waals surface area contributed by atoms with Crippen LogP contribution < -0.4 is 10.6 Å². The van der Waals surface area contributed by atoms with Crippen molar-refractivity contribution in [3.63, 3.8) is 0 Å². The lowest BCUT2D eigenvalue weighted by atomic mass is 10.1. The minimum atomic E-state index is 0.725. The topological polar surface area (TPSA) is 51.4 Å². The molecule has 2 aromatic rings. The maximum absolute atomic E-state index is 6.01. The summed E-state index contributed by atoms with van der Waals surface area (Å²) in [5.41, 5.74) is 8.94. The van der Waals surface area contributed by atoms with Crippen LogP contribution in [0.1, 0.15) is 12.6 Å². The SMILES string of the molecule is CCOCCN(C)c1ccc(N)c2cnc(C)cc12. The normalized spacial score (nSPS) is 10.9. The number of anilines is 2. The molecule has 2 N–H and O–H groups in total. The predicted molar refractivity (Wildman–Crippen MR) is 80.7 cm³/mol. The van der Waals surface area contributed by atoms with Crippen LogP contribution in [0.4, 0.5) is 11.4 Å². The van der Waals surface area contributed by atoms with E-state index < -0.39 is 0 Å². The van der Waals surface area contributed by atoms with Gasteiger partial charge in [0, 0.05) is 54.2 Å². The van der Waals surface area contributed by atoms with Gasteiger partial charge in [0.05, 0.1) is 6.61 Å². The lowest BCUT2D eigenvalue weighted by molar-refractivity contribution is 0.154. The molecule has 19 heavy (non-hydrogen) atoms. The number of nitrogens with zero attached hydrogens (tertiary/aromatic N) is 2. The molecule has 102 valence electrons. The first-order valence-electron chi connectivity index (χ1n) is 6.57. The Morgan fingerprint density at radius 3 is 2.84 bits per heavy atom. The lowest BCUT2D eigenvalue weighted by Crippen LogP contribution is -2.22. The Bertz CT molecular complexity index is 569. The Hall–Kier alpha value is -1.81. The van der Waals surface area contributed by atoms with Crippen molar-refractivity contribution in [2.45, 2.75) is 13.8 Å². The van der Waals surface area contributed by atoms with Crippen LogP contribution in [-0.4, -0.2) is 31.8 Å². The van der Waals surface area contributed by atoms with Gasteiger partial charge in [-0.15, -0.1) is 0 Å². The van der Waals surface area contributed by atoms with E-state index >= 15 is 0 Å². The molecule has 4 heteroatoms. The van der Waals surface area contributed by atoms with E-state index in [1.165, 1.54) is 0 Å². The molecule has 1 aromatic heterocycles. The monoisotopic (exact) mass is 259 g/mol. The first-order valence-corrected chi connectivity index (χ1v) is 6.57. The molecule has 0 spiro atoms. The number of nitrogens with two attached hydrogens (primary N) is 1. The third-order valence-electron chi connectivity index (χ3n) is 3.23. The van der Waals surface area contributed by atoms with Gasteiger partial charge in [-0.05, 0) is 32.0 Å². The molecule has 0 fully saturated rings. The number of aromatic nitrogens is 1. The summed E-state index contributed by atoms with van der Waals surface area (Å²) in [5.74, 6) is 0. The molecule has 0 radical (unpaired) electrons. The summed E-state index contributed by atoms with van der Waals surface area (Å²) in [4.78, 5) is 6.51. The number of rotatable bonds is 5. The Morgan fingerprint density at radius 1 is 1.32 bits per heavy atom. The highest BCUT2D eigenvalue weighted by atomic mass is 16.5. The highest BCUT2D eigenvalue weighted by Crippen LogP contribution is 2.30. The van der Waals surface area contributed by atoms with Gasteiger partial charge in [-0.1, -0.05) is 0 Å². The van der Waals surface area contributed by atoms with E-state index in [9.17, 15) is 0 Å². The number of benzene rings is 1. The van der Waals surface area contributed by atoms with Gasteiger partial charge >= 0.3 is 0 Å². The van der Waals surface area contributed by atoms with Crippen molar-refractivity contribution in [1.82, 2.24) is 4.98 Å². The number of hydrogen-bond acceptors (Lipinski definition) is 4. The smallest absolute Gasteiger partial charge is 0.0641 e. The molecule has 1 aromatic carbocycles. The minimum Gasteiger partial charge on any atom is -0.398 e. The summed E-state index contributed by atoms with van der Waals surface area (Å²) < 4.78 is 5.41. The second-order valence-electron chi connectivity index (χ2n) is 4.66. The summed E-state index contributed by atoms with van der Waals surface area (Å²) in [6.45, 7) is 6.33. The van der Waals surface area contributed by atoms with E-state index in [1.807, 2.05) is 26.1 Å². The largest absolute Gasteiger partial charge is 0.398 e. The molecule has 0 amide bonds. The van der Waals surface area contributed by atoms with Crippen LogP contribution in [0, 0.1) is 6.92 Å². The number of nitrogen functional groups attached to an aromatic ring is 1. The van der Waals surface area contributed by atoms with Crippen molar-refractivity contribution in [2.24, 2.45) is 0 Å². The molecule has 0 unspecified atom stereocenters. The van der Waals surface area contributed by atoms with E-state index in [0.717, 1.165) is 47.6 Å². The van der Waals surface area contributed by atoms with Gasteiger partial charge < -0.3 is 15.4 Å². The van der Waals surface area contributed by atoms with Crippen LogP contribution in [0.15, 0.2) is 24.4 Å². The van der Waals surface area contributed by atoms with Crippen molar-refractivity contribution < 1.29 is 4.74 Å². The van der Waals surface area contributed by atoms with E-state index in [-0.39, 0.29) is 0 Å². The standard InChI is InChI=1S/C15H21N3O/c1-4-19-8-7-18(3)15-6-5-14(16)13-10-17-11(2)9-12(13)15/h5-6,9-10H,4,7-8,16H2,1-3H3. The second kappa shape index (κ2) is 5.89. The molecule has 4 nitrogen and oxygen atoms in total. The molecule has 1 heterocycles. The van der Waals surface area contributed by atoms with Crippen molar-refractivity contribution in [3.8, 4) is 0 Å². The lowest BCUT2D eigenvalue weighted by Gasteiger charge is -2.21. The molecule has 0 saturated heterocycles. The highest BCUT2D eigenvalue weighted by Gasteiger charge is 2.09. The summed E-state index contributed by atoms with van der Waals surface area (Å²) in [6.07, 6.45) is 1.85. The molecule has 0 aliphatic rings. The third-order valence-corrected chi connectivity index (χ3v) is 3.23. The van der Waals surface area contributed by atoms with Crippen LogP contribution in [0.2, 0.25) is 0 Å². The Labute approximate surface area is 114 Å². The maximum atomic E-state index is 6.01. The Balaban J connectivity index is 2.37. The van der Waals surface area contributed by atoms with Gasteiger partial charge in [0.2, 0.25) is 0 Å². The number of likely N-dealkylation sites (N-methyl/N-ethyl adjacent to an activating group) is 1. The van der Waals surface area contributed by atoms with Crippen LogP contribution in [0.5, 0.6) is 0 Å². The molecule has 0 bridgehead atoms. The van der Waals surface area contributed by atoms with Crippen LogP contribution >= 0.6 is 0 Å². The van der Waals surface area contributed by atoms with Crippen molar-refractivity contribution in [1.29, 1.82) is 0 Å². The van der Waals surface area contributed by atoms with E-state index in [1.54, 1.807) is 0 Å². The number of ether oxygens (including phenoxy) is 1. The average molecular weight is 259 g/mol. The van der Waals surface area contributed by atoms with Crippen molar-refractivity contribution >= 4 is 22.1 Å². The van der Waals surface area contributed by atoms with E-state index in [0.29, 0.717) is 0 Å². The fourth-order valence-electron chi connectivity index (χ4n) is 2.15. The molecular formula is C15H21N3O. The second-order valence-corrected chi connectivity index (χ2v) is 4.66. The Morgan fingerprint density at radius 2 is 2.11 bits per heavy atom. The predicted octanol–water partition coefficient (Wildman–Crippen LogP) is 2.60. The first-order chi connectivity index (χ1) is 9.13. The van der Waals surface area contributed by atoms with Gasteiger partial charge in [0.1, 0.15) is 0 Å². The zero-order valence-electron chi connectivity index (χ0n) is 11.8. The fourth-order valence-corrected chi connectivity index (χ4v) is 2.15. The number of aryl methyl sites for hydroxylation is 1. The molecule has 0 aliphatic carbocycles. The zero-order chi connectivity index (χ0) is 13.8. The molecular weight excluding hydrogens is 238 g/mol. The highest BCUT2D eigenvalue weighted by molar-refractivity contribution is 6.01. The van der Waals surface area contributed by atoms with Gasteiger partial charge in [0.25, 0.3) is 0 Å². The van der Waals surface area contributed by atoms with Gasteiger partial charge in [-0.3, -0.25) is 4.98 Å². The van der Waals surface area contributed by atoms with Gasteiger partial charge in [0.15, 0.2) is 0 Å². The number of fused-ring (bicyclic) bond motifs is 1. The van der Waals surface area contributed by atoms with Crippen molar-refractivity contribution in [2.75, 3.05) is 37.4 Å². The summed E-state index contributed by atoms with van der Waals surface area (Å²) in [5, 5.41) is 2.15. The van der Waals surface area contributed by atoms with Crippen LogP contribution in [-0.2, 0) is 4.74 Å². The van der Waals surface area contributed by atoms with Crippen molar-refractivity contribution in [3.05, 3.63) is 30.1 Å². The quantitative estimate of drug-likeness (QED) is 0.662. The minimum absolute atomic E-state index is 0.725. The Kier molecular flexibility index (Phi) is 4.22. The first kappa shape index (κ1) is 13.6. The van der Waals surface area contributed by atoms with Crippen LogP contribution in [0.3, 0.4) is 0 Å².